The Hall–Kier alpha value is -3.03. The summed E-state index contributed by atoms with van der Waals surface area (Å²) in [6.45, 7) is 5.78. The highest BCUT2D eigenvalue weighted by Crippen LogP contribution is 2.07. The zero-order valence-corrected chi connectivity index (χ0v) is 16.7. The molecule has 0 aliphatic heterocycles. The Morgan fingerprint density at radius 2 is 1.75 bits per heavy atom. The molecule has 0 aliphatic carbocycles. The van der Waals surface area contributed by atoms with E-state index in [1.54, 1.807) is 20.8 Å². The minimum Gasteiger partial charge on any atom is -0.464 e. The van der Waals surface area contributed by atoms with Crippen LogP contribution in [0.5, 0.6) is 0 Å². The van der Waals surface area contributed by atoms with Gasteiger partial charge in [-0.3, -0.25) is 5.32 Å². The van der Waals surface area contributed by atoms with Gasteiger partial charge in [0.05, 0.1) is 7.11 Å². The highest BCUT2D eigenvalue weighted by atomic mass is 16.6. The van der Waals surface area contributed by atoms with E-state index < -0.39 is 23.8 Å². The van der Waals surface area contributed by atoms with Gasteiger partial charge in [-0.15, -0.1) is 0 Å². The first-order valence-electron chi connectivity index (χ1n) is 8.94. The number of carbonyl (C=O) groups is 3. The first-order valence-corrected chi connectivity index (χ1v) is 8.94. The molecule has 0 saturated carbocycles. The normalized spacial score (nSPS) is 11.4. The minimum absolute atomic E-state index is 0.0159. The zero-order valence-electron chi connectivity index (χ0n) is 16.7. The molecule has 0 unspecified atom stereocenters. The number of methoxy groups -OCH3 is 1. The lowest BCUT2D eigenvalue weighted by Crippen LogP contribution is -2.33. The number of rotatable bonds is 8. The van der Waals surface area contributed by atoms with Gasteiger partial charge in [-0.1, -0.05) is 36.4 Å². The van der Waals surface area contributed by atoms with Crippen molar-refractivity contribution < 1.29 is 28.6 Å². The molecule has 0 aromatic heterocycles. The Morgan fingerprint density at radius 1 is 1.07 bits per heavy atom. The molecule has 1 aromatic rings. The maximum absolute atomic E-state index is 11.9. The molecule has 0 aliphatic rings. The van der Waals surface area contributed by atoms with Gasteiger partial charge < -0.3 is 19.5 Å². The molecule has 0 saturated heterocycles. The van der Waals surface area contributed by atoms with E-state index in [4.69, 9.17) is 9.47 Å². The van der Waals surface area contributed by atoms with E-state index in [-0.39, 0.29) is 12.3 Å². The van der Waals surface area contributed by atoms with Crippen LogP contribution in [0.25, 0.3) is 0 Å². The van der Waals surface area contributed by atoms with Gasteiger partial charge in [-0.05, 0) is 39.2 Å². The second-order valence-corrected chi connectivity index (χ2v) is 6.87. The van der Waals surface area contributed by atoms with Gasteiger partial charge in [0.15, 0.2) is 0 Å². The Kier molecular flexibility index (Phi) is 9.56. The number of carbonyl (C=O) groups excluding carboxylic acids is 3. The topological polar surface area (TPSA) is 103 Å². The van der Waals surface area contributed by atoms with Crippen molar-refractivity contribution >= 4 is 18.2 Å². The second-order valence-electron chi connectivity index (χ2n) is 6.87. The van der Waals surface area contributed by atoms with Gasteiger partial charge in [0.25, 0.3) is 0 Å². The summed E-state index contributed by atoms with van der Waals surface area (Å²) in [6.07, 6.45) is 1.23. The summed E-state index contributed by atoms with van der Waals surface area (Å²) in [6, 6.07) is 9.17. The molecule has 1 aromatic carbocycles. The summed E-state index contributed by atoms with van der Waals surface area (Å²) in [5, 5.41) is 5.00. The summed E-state index contributed by atoms with van der Waals surface area (Å²) >= 11 is 0. The van der Waals surface area contributed by atoms with E-state index in [1.165, 1.54) is 13.2 Å². The fraction of sp³-hybridized carbons (Fsp3) is 0.450. The maximum atomic E-state index is 11.9. The SMILES string of the molecule is COC(=O)/C(=C/CCCNC(=O)OC(C)(C)C)NC(=O)OCc1ccccc1. The molecule has 28 heavy (non-hydrogen) atoms. The van der Waals surface area contributed by atoms with Crippen LogP contribution in [0.15, 0.2) is 42.1 Å². The van der Waals surface area contributed by atoms with Crippen LogP contribution in [0.4, 0.5) is 9.59 Å². The molecule has 0 radical (unpaired) electrons. The third kappa shape index (κ3) is 10.2. The highest BCUT2D eigenvalue weighted by Gasteiger charge is 2.16. The summed E-state index contributed by atoms with van der Waals surface area (Å²) in [5.74, 6) is -0.684. The standard InChI is InChI=1S/C20H28N2O6/c1-20(2,3)28-18(24)21-13-9-8-12-16(17(23)26-4)22-19(25)27-14-15-10-6-5-7-11-15/h5-7,10-12H,8-9,13-14H2,1-4H3,(H,21,24)(H,22,25)/b16-12-. The molecular formula is C20H28N2O6. The number of amides is 2. The third-order valence-corrected chi connectivity index (χ3v) is 3.25. The van der Waals surface area contributed by atoms with Crippen molar-refractivity contribution in [2.24, 2.45) is 0 Å². The largest absolute Gasteiger partial charge is 0.464 e. The molecule has 2 amide bonds. The number of nitrogens with one attached hydrogen (secondary N) is 2. The zero-order chi connectivity index (χ0) is 21.0. The van der Waals surface area contributed by atoms with Crippen molar-refractivity contribution in [3.8, 4) is 0 Å². The first kappa shape index (κ1) is 23.0. The third-order valence-electron chi connectivity index (χ3n) is 3.25. The monoisotopic (exact) mass is 392 g/mol. The van der Waals surface area contributed by atoms with E-state index in [2.05, 4.69) is 15.4 Å². The number of esters is 1. The van der Waals surface area contributed by atoms with E-state index in [0.29, 0.717) is 19.4 Å². The van der Waals surface area contributed by atoms with Crippen molar-refractivity contribution in [2.75, 3.05) is 13.7 Å². The predicted molar refractivity (Wildman–Crippen MR) is 103 cm³/mol. The number of ether oxygens (including phenoxy) is 3. The molecule has 0 atom stereocenters. The van der Waals surface area contributed by atoms with Crippen molar-refractivity contribution in [1.29, 1.82) is 0 Å². The van der Waals surface area contributed by atoms with Crippen LogP contribution in [0, 0.1) is 0 Å². The Morgan fingerprint density at radius 3 is 2.36 bits per heavy atom. The van der Waals surface area contributed by atoms with E-state index in [0.717, 1.165) is 5.56 Å². The average Bonchev–Trinajstić information content (AvgIpc) is 2.64. The molecule has 0 fully saturated rings. The summed E-state index contributed by atoms with van der Waals surface area (Å²) < 4.78 is 14.9. The van der Waals surface area contributed by atoms with Crippen molar-refractivity contribution in [1.82, 2.24) is 10.6 Å². The van der Waals surface area contributed by atoms with Crippen LogP contribution in [0.3, 0.4) is 0 Å². The molecular weight excluding hydrogens is 364 g/mol. The number of allylic oxidation sites excluding steroid dienone is 1. The lowest BCUT2D eigenvalue weighted by molar-refractivity contribution is -0.136. The van der Waals surface area contributed by atoms with Gasteiger partial charge >= 0.3 is 18.2 Å². The lowest BCUT2D eigenvalue weighted by Gasteiger charge is -2.19. The van der Waals surface area contributed by atoms with E-state index >= 15 is 0 Å². The summed E-state index contributed by atoms with van der Waals surface area (Å²) in [5.41, 5.74) is 0.249. The van der Waals surface area contributed by atoms with Gasteiger partial charge in [0, 0.05) is 6.54 Å². The minimum atomic E-state index is -0.757. The van der Waals surface area contributed by atoms with E-state index in [9.17, 15) is 14.4 Å². The molecule has 0 spiro atoms. The van der Waals surface area contributed by atoms with Crippen LogP contribution in [-0.4, -0.2) is 37.4 Å². The van der Waals surface area contributed by atoms with Crippen LogP contribution in [0.1, 0.15) is 39.2 Å². The predicted octanol–water partition coefficient (Wildman–Crippen LogP) is 3.27. The highest BCUT2D eigenvalue weighted by molar-refractivity contribution is 5.92. The molecule has 8 nitrogen and oxygen atoms in total. The molecule has 154 valence electrons. The molecule has 8 heteroatoms. The summed E-state index contributed by atoms with van der Waals surface area (Å²) in [7, 11) is 1.22. The Balaban J connectivity index is 2.43. The quantitative estimate of drug-likeness (QED) is 0.305. The van der Waals surface area contributed by atoms with E-state index in [1.807, 2.05) is 30.3 Å². The van der Waals surface area contributed by atoms with Gasteiger partial charge in [0.1, 0.15) is 17.9 Å². The Bertz CT molecular complexity index is 680. The Labute approximate surface area is 165 Å². The van der Waals surface area contributed by atoms with Gasteiger partial charge in [-0.2, -0.15) is 0 Å². The molecule has 2 N–H and O–H groups in total. The van der Waals surface area contributed by atoms with Crippen LogP contribution in [-0.2, 0) is 25.6 Å². The first-order chi connectivity index (χ1) is 13.2. The number of alkyl carbamates (subject to hydrolysis) is 2. The van der Waals surface area contributed by atoms with Crippen LogP contribution >= 0.6 is 0 Å². The van der Waals surface area contributed by atoms with Crippen molar-refractivity contribution in [2.45, 2.75) is 45.8 Å². The maximum Gasteiger partial charge on any atom is 0.412 e. The van der Waals surface area contributed by atoms with Gasteiger partial charge in [0.2, 0.25) is 0 Å². The fourth-order valence-corrected chi connectivity index (χ4v) is 2.02. The number of unbranched alkanes of at least 4 members (excludes halogenated alkanes) is 1. The molecule has 0 bridgehead atoms. The van der Waals surface area contributed by atoms with Gasteiger partial charge in [-0.25, -0.2) is 14.4 Å². The second kappa shape index (κ2) is 11.6. The smallest absolute Gasteiger partial charge is 0.412 e. The summed E-state index contributed by atoms with van der Waals surface area (Å²) in [4.78, 5) is 35.3. The number of hydrogen-bond acceptors (Lipinski definition) is 6. The van der Waals surface area contributed by atoms with Crippen molar-refractivity contribution in [3.63, 3.8) is 0 Å². The van der Waals surface area contributed by atoms with Crippen molar-refractivity contribution in [3.05, 3.63) is 47.7 Å². The lowest BCUT2D eigenvalue weighted by atomic mass is 10.2. The van der Waals surface area contributed by atoms with Crippen LogP contribution < -0.4 is 10.6 Å². The fourth-order valence-electron chi connectivity index (χ4n) is 2.02. The average molecular weight is 392 g/mol. The molecule has 1 rings (SSSR count). The van der Waals surface area contributed by atoms with Crippen LogP contribution in [0.2, 0.25) is 0 Å². The molecule has 0 heterocycles. The number of benzene rings is 1. The number of hydrogen-bond donors (Lipinski definition) is 2.